The van der Waals surface area contributed by atoms with E-state index in [0.717, 1.165) is 77.7 Å². The lowest BCUT2D eigenvalue weighted by Gasteiger charge is -2.13. The van der Waals surface area contributed by atoms with Crippen LogP contribution in [0.4, 0.5) is 39.5 Å². The van der Waals surface area contributed by atoms with Crippen LogP contribution in [0.1, 0.15) is 31.5 Å². The van der Waals surface area contributed by atoms with Crippen molar-refractivity contribution in [3.8, 4) is 52.5 Å². The van der Waals surface area contributed by atoms with E-state index in [-0.39, 0.29) is 116 Å². The number of aliphatic hydroxyl groups is 2. The molecular formula is C71H65BrCl3F9N12O16. The van der Waals surface area contributed by atoms with Crippen LogP contribution in [-0.4, -0.2) is 129 Å². The second-order valence-corrected chi connectivity index (χ2v) is 25.9. The Balaban J connectivity index is 0.000000185. The highest BCUT2D eigenvalue weighted by Gasteiger charge is 2.35. The molecule has 12 aromatic rings. The van der Waals surface area contributed by atoms with Crippen LogP contribution in [0.5, 0.6) is 52.5 Å². The Labute approximate surface area is 648 Å². The van der Waals surface area contributed by atoms with Crippen LogP contribution in [0.2, 0.25) is 15.1 Å². The fourth-order valence-electron chi connectivity index (χ4n) is 10.6. The molecule has 0 amide bonds. The second kappa shape index (κ2) is 35.7. The zero-order chi connectivity index (χ0) is 79.3. The first-order chi connectivity index (χ1) is 52.1. The molecule has 0 radical (unpaired) electrons. The van der Waals surface area contributed by atoms with Gasteiger partial charge >= 0.3 is 54.2 Å². The number of hydrogen-bond acceptors (Lipinski definition) is 19. The minimum absolute atomic E-state index is 0. The monoisotopic (exact) mass is 1700 g/mol. The van der Waals surface area contributed by atoms with Crippen molar-refractivity contribution in [2.24, 2.45) is 21.1 Å². The molecular weight excluding hydrogens is 1630 g/mol. The van der Waals surface area contributed by atoms with Gasteiger partial charge in [-0.25, -0.2) is 14.4 Å². The number of ether oxygens (including phenoxy) is 8. The van der Waals surface area contributed by atoms with Gasteiger partial charge in [-0.1, -0.05) is 120 Å². The van der Waals surface area contributed by atoms with Crippen LogP contribution in [0.3, 0.4) is 0 Å². The lowest BCUT2D eigenvalue weighted by Crippen LogP contribution is -2.42. The van der Waals surface area contributed by atoms with E-state index >= 15 is 0 Å². The highest BCUT2D eigenvalue weighted by Crippen LogP contribution is 2.35. The van der Waals surface area contributed by atoms with Crippen molar-refractivity contribution in [3.63, 3.8) is 0 Å². The van der Waals surface area contributed by atoms with Gasteiger partial charge in [0.05, 0.1) is 70.9 Å². The summed E-state index contributed by atoms with van der Waals surface area (Å²) in [6.45, 7) is 0.573. The molecule has 28 nitrogen and oxygen atoms in total. The Hall–Kier alpha value is -10.9. The summed E-state index contributed by atoms with van der Waals surface area (Å²) < 4.78 is 162. The average Bonchev–Trinajstić information content (AvgIpc) is 1.58. The smallest absolute Gasteiger partial charge is 0.425 e. The number of benzene rings is 6. The second-order valence-electron chi connectivity index (χ2n) is 23.9. The van der Waals surface area contributed by atoms with E-state index in [0.29, 0.717) is 33.3 Å². The topological polar surface area (TPSA) is 317 Å². The zero-order valence-electron chi connectivity index (χ0n) is 56.9. The lowest BCUT2D eigenvalue weighted by atomic mass is 10.2. The number of fused-ring (bicyclic) bond motifs is 3. The Bertz CT molecular complexity index is 5720. The molecule has 112 heavy (non-hydrogen) atoms. The Kier molecular flexibility index (Phi) is 27.1. The van der Waals surface area contributed by atoms with Gasteiger partial charge in [-0.2, -0.15) is 15.0 Å². The van der Waals surface area contributed by atoms with Gasteiger partial charge in [-0.3, -0.25) is 55.9 Å². The van der Waals surface area contributed by atoms with Crippen LogP contribution in [0, 0.1) is 0 Å². The Morgan fingerprint density at radius 2 is 0.812 bits per heavy atom. The summed E-state index contributed by atoms with van der Waals surface area (Å²) in [5, 5.41) is 21.6. The number of H-pyrrole nitrogens is 1. The molecule has 0 aliphatic carbocycles. The number of halogens is 13. The van der Waals surface area contributed by atoms with E-state index in [2.05, 4.69) is 50.1 Å². The molecule has 3 N–H and O–H groups in total. The van der Waals surface area contributed by atoms with Crippen molar-refractivity contribution < 1.29 is 87.6 Å². The molecule has 6 aromatic carbocycles. The zero-order valence-corrected chi connectivity index (χ0v) is 60.7. The third-order valence-corrected chi connectivity index (χ3v) is 17.3. The minimum Gasteiger partial charge on any atom is -0.425 e. The Morgan fingerprint density at radius 1 is 0.491 bits per heavy atom. The first-order valence-electron chi connectivity index (χ1n) is 32.1. The van der Waals surface area contributed by atoms with Gasteiger partial charge < -0.3 is 48.1 Å². The number of nitrogens with one attached hydrogen (secondary N) is 1. The average molecular weight is 1700 g/mol. The predicted molar refractivity (Wildman–Crippen MR) is 395 cm³/mol. The van der Waals surface area contributed by atoms with E-state index in [1.54, 1.807) is 72.8 Å². The lowest BCUT2D eigenvalue weighted by molar-refractivity contribution is -0.275. The molecule has 0 bridgehead atoms. The predicted octanol–water partition coefficient (Wildman–Crippen LogP) is 12.2. The summed E-state index contributed by atoms with van der Waals surface area (Å²) in [6, 6.07) is 34.3. The number of nitrogens with zero attached hydrogens (tertiary/aromatic N) is 11. The normalized spacial score (nSPS) is 13.9. The molecule has 3 atom stereocenters. The SMILES string of the molecule is BrCC1CO1.C.C.Cn1c(=O)[nH]c(=O)c2c1nc(Oc1cccc(OC(F)(F)F)c1)n2Cc1ccc(Cl)cc1.Cn1c(=O)n(CC(O)CO)c(=O)c2c1nc(Oc1cccc(OC(F)(F)F)c1)n2Cc1ccc(Cl)cc1.Cn1c(=O)n(CC2CO2)c(=O)c2c1nc(Oc1cccc(OC(F)(F)F)c1)n2Cc1ccc(Cl)cc1. The third-order valence-electron chi connectivity index (χ3n) is 15.8. The van der Waals surface area contributed by atoms with E-state index < -0.39 is 89.3 Å². The highest BCUT2D eigenvalue weighted by atomic mass is 79.9. The number of aliphatic hydroxyl groups excluding tert-OH is 2. The van der Waals surface area contributed by atoms with Crippen LogP contribution in [0.15, 0.2) is 174 Å². The molecule has 8 heterocycles. The van der Waals surface area contributed by atoms with Crippen molar-refractivity contribution >= 4 is 84.2 Å². The number of epoxide rings is 2. The van der Waals surface area contributed by atoms with Crippen LogP contribution in [0.25, 0.3) is 33.5 Å². The van der Waals surface area contributed by atoms with Gasteiger partial charge in [0.2, 0.25) is 0 Å². The van der Waals surface area contributed by atoms with Crippen molar-refractivity contribution in [1.29, 1.82) is 0 Å². The fourth-order valence-corrected chi connectivity index (χ4v) is 11.3. The molecule has 0 saturated carbocycles. The van der Waals surface area contributed by atoms with Crippen LogP contribution in [-0.2, 0) is 63.3 Å². The van der Waals surface area contributed by atoms with E-state index in [4.69, 9.17) is 58.5 Å². The van der Waals surface area contributed by atoms with Gasteiger partial charge in [0.15, 0.2) is 33.5 Å². The molecule has 596 valence electrons. The van der Waals surface area contributed by atoms with Gasteiger partial charge in [0.25, 0.3) is 16.7 Å². The number of alkyl halides is 10. The quantitative estimate of drug-likeness (QED) is 0.0342. The summed E-state index contributed by atoms with van der Waals surface area (Å²) in [6.07, 6.45) is -15.7. The van der Waals surface area contributed by atoms with Crippen molar-refractivity contribution in [1.82, 2.24) is 56.5 Å². The molecule has 41 heteroatoms. The summed E-state index contributed by atoms with van der Waals surface area (Å²) in [5.41, 5.74) is -1.87. The van der Waals surface area contributed by atoms with Crippen LogP contribution >= 0.6 is 50.7 Å². The van der Waals surface area contributed by atoms with Crippen molar-refractivity contribution in [2.45, 2.75) is 85.0 Å². The highest BCUT2D eigenvalue weighted by molar-refractivity contribution is 9.09. The van der Waals surface area contributed by atoms with E-state index in [1.165, 1.54) is 75.8 Å². The van der Waals surface area contributed by atoms with Gasteiger partial charge in [0, 0.05) is 59.7 Å². The molecule has 2 fully saturated rings. The summed E-state index contributed by atoms with van der Waals surface area (Å²) in [5.74, 6) is -1.60. The number of aryl methyl sites for hydroxylation is 3. The molecule has 6 aromatic heterocycles. The number of rotatable bonds is 21. The van der Waals surface area contributed by atoms with Gasteiger partial charge in [0.1, 0.15) is 34.5 Å². The van der Waals surface area contributed by atoms with Crippen molar-refractivity contribution in [3.05, 3.63) is 240 Å². The van der Waals surface area contributed by atoms with E-state index in [9.17, 15) is 78.5 Å². The van der Waals surface area contributed by atoms with Crippen LogP contribution < -0.4 is 62.2 Å². The Morgan fingerprint density at radius 3 is 1.13 bits per heavy atom. The maximum absolute atomic E-state index is 13.4. The fraction of sp³-hybridized carbons (Fsp3) is 0.282. The van der Waals surface area contributed by atoms with Gasteiger partial charge in [-0.15, -0.1) is 39.5 Å². The number of aromatic nitrogens is 12. The maximum atomic E-state index is 13.4. The van der Waals surface area contributed by atoms with Crippen molar-refractivity contribution in [2.75, 3.05) is 25.2 Å². The molecule has 14 rings (SSSR count). The molecule has 2 aliphatic rings. The minimum atomic E-state index is -4.91. The molecule has 0 spiro atoms. The molecule has 3 unspecified atom stereocenters. The number of aromatic amines is 1. The largest absolute Gasteiger partial charge is 0.573 e. The third kappa shape index (κ3) is 21.6. The molecule has 2 saturated heterocycles. The number of hydrogen-bond donors (Lipinski definition) is 3. The summed E-state index contributed by atoms with van der Waals surface area (Å²) in [7, 11) is 4.24. The van der Waals surface area contributed by atoms with Gasteiger partial charge in [-0.05, 0) is 89.5 Å². The molecule has 2 aliphatic heterocycles. The standard InChI is InChI=1S/C23H20ClF3N4O6.C23H18ClF3N4O5.C20H14ClF3N4O4.C3H5BrO.2CH4/c1-29-19-18(20(34)31(22(29)35)11-15(33)12-32)30(10-13-5-7-14(24)8-6-13)21(28-19)36-16-3-2-4-17(9-16)37-23(25,26)27;1-29-19-18(20(32)31(22(29)33)11-17-12-34-17)30(10-13-5-7-14(24)8-6-13)21(28-19)35-15-3-2-4-16(9-15)36-23(25,26)27;1-27-16-15(17(29)26-18(27)30)28(10-11-5-7-12(21)8-6-11)19(25-16)31-13-3-2-4-14(9-13)32-20(22,23)24;4-1-3-2-5-3;;/h2-9,15,32-33H,10-12H2,1H3;2-9,17H,10-12H2,1H3;2-9H,10H2,1H3,(H,26,29,30);3H,1-2H2;2*1H4. The number of imidazole rings is 3. The first kappa shape index (κ1) is 85.1. The summed E-state index contributed by atoms with van der Waals surface area (Å²) in [4.78, 5) is 92.1. The van der Waals surface area contributed by atoms with E-state index in [1.807, 2.05) is 0 Å². The maximum Gasteiger partial charge on any atom is 0.573 e. The summed E-state index contributed by atoms with van der Waals surface area (Å²) >= 11 is 21.1. The first-order valence-corrected chi connectivity index (χ1v) is 34.4.